The number of hydrogen-bond donors (Lipinski definition) is 3. The lowest BCUT2D eigenvalue weighted by molar-refractivity contribution is -0.121. The molecule has 0 spiro atoms. The SMILES string of the molecule is COc1cccc(CNC(=O)CCNS(=O)(=O)c2ccc3c(c2)CCC(=O)N3)c1. The monoisotopic (exact) mass is 417 g/mol. The molecule has 2 amide bonds. The van der Waals surface area contributed by atoms with Gasteiger partial charge in [-0.1, -0.05) is 12.1 Å². The van der Waals surface area contributed by atoms with Crippen molar-refractivity contribution in [3.05, 3.63) is 53.6 Å². The Hall–Kier alpha value is -2.91. The fourth-order valence-corrected chi connectivity index (χ4v) is 4.06. The maximum atomic E-state index is 12.5. The molecule has 2 aromatic rings. The van der Waals surface area contributed by atoms with Crippen LogP contribution in [0.5, 0.6) is 5.75 Å². The number of anilines is 1. The van der Waals surface area contributed by atoms with Gasteiger partial charge in [0.15, 0.2) is 0 Å². The van der Waals surface area contributed by atoms with Crippen LogP contribution in [0.2, 0.25) is 0 Å². The summed E-state index contributed by atoms with van der Waals surface area (Å²) in [5.41, 5.74) is 2.31. The molecule has 2 aromatic carbocycles. The molecule has 29 heavy (non-hydrogen) atoms. The second-order valence-corrected chi connectivity index (χ2v) is 8.41. The van der Waals surface area contributed by atoms with E-state index in [-0.39, 0.29) is 29.7 Å². The average molecular weight is 417 g/mol. The van der Waals surface area contributed by atoms with Crippen molar-refractivity contribution in [1.29, 1.82) is 0 Å². The Morgan fingerprint density at radius 1 is 1.17 bits per heavy atom. The number of hydrogen-bond acceptors (Lipinski definition) is 5. The van der Waals surface area contributed by atoms with Crippen LogP contribution in [0, 0.1) is 0 Å². The summed E-state index contributed by atoms with van der Waals surface area (Å²) >= 11 is 0. The standard InChI is InChI=1S/C20H23N3O5S/c1-28-16-4-2-3-14(11-16)13-21-19(24)9-10-22-29(26,27)17-6-7-18-15(12-17)5-8-20(25)23-18/h2-4,6-7,11-12,22H,5,8-10,13H2,1H3,(H,21,24)(H,23,25). The van der Waals surface area contributed by atoms with E-state index in [0.29, 0.717) is 30.8 Å². The number of methoxy groups -OCH3 is 1. The van der Waals surface area contributed by atoms with E-state index in [1.165, 1.54) is 6.07 Å². The van der Waals surface area contributed by atoms with Crippen LogP contribution in [0.4, 0.5) is 5.69 Å². The van der Waals surface area contributed by atoms with Gasteiger partial charge in [0.05, 0.1) is 12.0 Å². The average Bonchev–Trinajstić information content (AvgIpc) is 2.71. The lowest BCUT2D eigenvalue weighted by Gasteiger charge is -2.17. The van der Waals surface area contributed by atoms with Gasteiger partial charge in [-0.2, -0.15) is 0 Å². The molecule has 1 heterocycles. The summed E-state index contributed by atoms with van der Waals surface area (Å²) in [6, 6.07) is 11.9. The van der Waals surface area contributed by atoms with Crippen molar-refractivity contribution in [3.8, 4) is 5.75 Å². The first kappa shape index (κ1) is 20.8. The Labute approximate surface area is 169 Å². The molecular formula is C20H23N3O5S. The van der Waals surface area contributed by atoms with Gasteiger partial charge in [0.1, 0.15) is 5.75 Å². The molecule has 8 nitrogen and oxygen atoms in total. The molecule has 0 fully saturated rings. The minimum Gasteiger partial charge on any atom is -0.497 e. The predicted molar refractivity (Wildman–Crippen MR) is 108 cm³/mol. The number of fused-ring (bicyclic) bond motifs is 1. The first-order valence-corrected chi connectivity index (χ1v) is 10.7. The van der Waals surface area contributed by atoms with Gasteiger partial charge in [0, 0.05) is 31.6 Å². The van der Waals surface area contributed by atoms with E-state index >= 15 is 0 Å². The molecule has 0 aromatic heterocycles. The normalized spacial score (nSPS) is 13.3. The summed E-state index contributed by atoms with van der Waals surface area (Å²) < 4.78 is 32.5. The Bertz CT molecular complexity index is 1020. The van der Waals surface area contributed by atoms with E-state index in [0.717, 1.165) is 11.1 Å². The lowest BCUT2D eigenvalue weighted by Crippen LogP contribution is -2.30. The minimum atomic E-state index is -3.74. The second-order valence-electron chi connectivity index (χ2n) is 6.64. The number of rotatable bonds is 8. The smallest absolute Gasteiger partial charge is 0.240 e. The molecule has 0 saturated heterocycles. The van der Waals surface area contributed by atoms with Crippen molar-refractivity contribution in [3.63, 3.8) is 0 Å². The molecule has 1 aliphatic heterocycles. The Kier molecular flexibility index (Phi) is 6.50. The Morgan fingerprint density at radius 3 is 2.79 bits per heavy atom. The minimum absolute atomic E-state index is 0.0138. The highest BCUT2D eigenvalue weighted by Gasteiger charge is 2.20. The molecule has 0 saturated carbocycles. The fourth-order valence-electron chi connectivity index (χ4n) is 2.98. The summed E-state index contributed by atoms with van der Waals surface area (Å²) in [4.78, 5) is 23.5. The molecule has 3 rings (SSSR count). The fraction of sp³-hybridized carbons (Fsp3) is 0.300. The van der Waals surface area contributed by atoms with E-state index in [2.05, 4.69) is 15.4 Å². The van der Waals surface area contributed by atoms with Crippen LogP contribution in [-0.4, -0.2) is 33.9 Å². The number of sulfonamides is 1. The zero-order valence-electron chi connectivity index (χ0n) is 16.0. The quantitative estimate of drug-likeness (QED) is 0.603. The second kappa shape index (κ2) is 9.06. The van der Waals surface area contributed by atoms with Crippen molar-refractivity contribution in [2.75, 3.05) is 19.0 Å². The summed E-state index contributed by atoms with van der Waals surface area (Å²) in [6.45, 7) is 0.319. The van der Waals surface area contributed by atoms with Gasteiger partial charge in [0.2, 0.25) is 21.8 Å². The van der Waals surface area contributed by atoms with Gasteiger partial charge in [-0.25, -0.2) is 13.1 Å². The number of ether oxygens (including phenoxy) is 1. The van der Waals surface area contributed by atoms with Crippen molar-refractivity contribution >= 4 is 27.5 Å². The third-order valence-corrected chi connectivity index (χ3v) is 6.01. The molecule has 0 atom stereocenters. The highest BCUT2D eigenvalue weighted by atomic mass is 32.2. The first-order chi connectivity index (χ1) is 13.9. The van der Waals surface area contributed by atoms with Crippen molar-refractivity contribution < 1.29 is 22.7 Å². The first-order valence-electron chi connectivity index (χ1n) is 9.19. The third-order valence-electron chi connectivity index (χ3n) is 4.55. The van der Waals surface area contributed by atoms with Gasteiger partial charge in [-0.15, -0.1) is 0 Å². The Morgan fingerprint density at radius 2 is 2.00 bits per heavy atom. The molecule has 0 bridgehead atoms. The molecule has 154 valence electrons. The van der Waals surface area contributed by atoms with Crippen LogP contribution in [-0.2, 0) is 32.6 Å². The molecule has 0 radical (unpaired) electrons. The number of carbonyl (C=O) groups is 2. The van der Waals surface area contributed by atoms with E-state index in [1.807, 2.05) is 24.3 Å². The van der Waals surface area contributed by atoms with Gasteiger partial charge >= 0.3 is 0 Å². The van der Waals surface area contributed by atoms with Gasteiger partial charge < -0.3 is 15.4 Å². The van der Waals surface area contributed by atoms with Crippen LogP contribution in [0.25, 0.3) is 0 Å². The molecule has 0 aliphatic carbocycles. The maximum absolute atomic E-state index is 12.5. The third kappa shape index (κ3) is 5.55. The lowest BCUT2D eigenvalue weighted by atomic mass is 10.0. The van der Waals surface area contributed by atoms with Gasteiger partial charge in [0.25, 0.3) is 0 Å². The summed E-state index contributed by atoms with van der Waals surface area (Å²) in [7, 11) is -2.17. The zero-order valence-corrected chi connectivity index (χ0v) is 16.8. The molecular weight excluding hydrogens is 394 g/mol. The zero-order chi connectivity index (χ0) is 20.9. The van der Waals surface area contributed by atoms with Crippen molar-refractivity contribution in [2.45, 2.75) is 30.7 Å². The van der Waals surface area contributed by atoms with E-state index in [4.69, 9.17) is 4.74 Å². The predicted octanol–water partition coefficient (Wildman–Crippen LogP) is 1.56. The van der Waals surface area contributed by atoms with Crippen LogP contribution in [0.3, 0.4) is 0 Å². The molecule has 9 heteroatoms. The summed E-state index contributed by atoms with van der Waals surface area (Å²) in [6.07, 6.45) is 0.846. The largest absolute Gasteiger partial charge is 0.497 e. The summed E-state index contributed by atoms with van der Waals surface area (Å²) in [5.74, 6) is 0.365. The Balaban J connectivity index is 1.50. The van der Waals surface area contributed by atoms with Crippen LogP contribution in [0.15, 0.2) is 47.4 Å². The highest BCUT2D eigenvalue weighted by molar-refractivity contribution is 7.89. The van der Waals surface area contributed by atoms with E-state index in [9.17, 15) is 18.0 Å². The van der Waals surface area contributed by atoms with Crippen LogP contribution < -0.4 is 20.1 Å². The molecule has 0 unspecified atom stereocenters. The van der Waals surface area contributed by atoms with Crippen LogP contribution in [0.1, 0.15) is 24.0 Å². The summed E-state index contributed by atoms with van der Waals surface area (Å²) in [5, 5.41) is 5.47. The maximum Gasteiger partial charge on any atom is 0.240 e. The number of aryl methyl sites for hydroxylation is 1. The van der Waals surface area contributed by atoms with Crippen LogP contribution >= 0.6 is 0 Å². The number of amides is 2. The number of carbonyl (C=O) groups excluding carboxylic acids is 2. The van der Waals surface area contributed by atoms with Gasteiger partial charge in [-0.05, 0) is 47.9 Å². The van der Waals surface area contributed by atoms with E-state index in [1.54, 1.807) is 19.2 Å². The number of benzene rings is 2. The van der Waals surface area contributed by atoms with Crippen molar-refractivity contribution in [2.24, 2.45) is 0 Å². The molecule has 3 N–H and O–H groups in total. The molecule has 1 aliphatic rings. The number of nitrogens with one attached hydrogen (secondary N) is 3. The van der Waals surface area contributed by atoms with Crippen molar-refractivity contribution in [1.82, 2.24) is 10.0 Å². The van der Waals surface area contributed by atoms with E-state index < -0.39 is 10.0 Å². The topological polar surface area (TPSA) is 114 Å². The van der Waals surface area contributed by atoms with Gasteiger partial charge in [-0.3, -0.25) is 9.59 Å². The highest BCUT2D eigenvalue weighted by Crippen LogP contribution is 2.25.